The average Bonchev–Trinajstić information content (AvgIpc) is 3.26. The lowest BCUT2D eigenvalue weighted by molar-refractivity contribution is 0.0665. The van der Waals surface area contributed by atoms with Gasteiger partial charge in [0, 0.05) is 37.9 Å². The number of rotatable bonds is 3. The Morgan fingerprint density at radius 2 is 2.04 bits per heavy atom. The third-order valence-electron chi connectivity index (χ3n) is 5.22. The van der Waals surface area contributed by atoms with Crippen LogP contribution in [0.25, 0.3) is 0 Å². The minimum absolute atomic E-state index is 0.0912. The lowest BCUT2D eigenvalue weighted by atomic mass is 10.0. The lowest BCUT2D eigenvalue weighted by Gasteiger charge is -2.34. The molecule has 4 rings (SSSR count). The fourth-order valence-electron chi connectivity index (χ4n) is 3.91. The second-order valence-corrected chi connectivity index (χ2v) is 7.24. The van der Waals surface area contributed by atoms with E-state index in [0.29, 0.717) is 17.7 Å². The van der Waals surface area contributed by atoms with Crippen molar-refractivity contribution in [1.82, 2.24) is 24.2 Å². The fourth-order valence-corrected chi connectivity index (χ4v) is 3.91. The van der Waals surface area contributed by atoms with E-state index in [1.807, 2.05) is 31.1 Å². The van der Waals surface area contributed by atoms with E-state index in [2.05, 4.69) is 21.6 Å². The first-order valence-corrected chi connectivity index (χ1v) is 8.88. The summed E-state index contributed by atoms with van der Waals surface area (Å²) in [4.78, 5) is 19.5. The maximum atomic E-state index is 12.9. The lowest BCUT2D eigenvalue weighted by Crippen LogP contribution is -2.41. The van der Waals surface area contributed by atoms with Crippen molar-refractivity contribution in [3.05, 3.63) is 35.2 Å². The average molecular weight is 327 g/mol. The molecule has 0 bridgehead atoms. The molecule has 0 radical (unpaired) electrons. The Bertz CT molecular complexity index is 770. The number of carbonyl (C=O) groups is 1. The highest BCUT2D eigenvalue weighted by molar-refractivity contribution is 5.92. The van der Waals surface area contributed by atoms with Crippen LogP contribution in [0.5, 0.6) is 0 Å². The first-order chi connectivity index (χ1) is 11.5. The molecule has 1 aliphatic carbocycles. The zero-order valence-corrected chi connectivity index (χ0v) is 14.7. The smallest absolute Gasteiger partial charge is 0.272 e. The Hall–Kier alpha value is -2.11. The number of aromatic nitrogens is 4. The first-order valence-electron chi connectivity index (χ1n) is 8.88. The molecule has 1 amide bonds. The summed E-state index contributed by atoms with van der Waals surface area (Å²) in [7, 11) is 1.84. The SMILES string of the molecule is Cc1cc(C(=O)N2CCCC(n3c(C)cnc3C3CC3)C2)n(C)n1. The largest absolute Gasteiger partial charge is 0.335 e. The normalized spacial score (nSPS) is 21.3. The molecule has 128 valence electrons. The highest BCUT2D eigenvalue weighted by Crippen LogP contribution is 2.41. The van der Waals surface area contributed by atoms with Crippen LogP contribution in [0.15, 0.2) is 12.3 Å². The zero-order chi connectivity index (χ0) is 16.8. The van der Waals surface area contributed by atoms with Gasteiger partial charge in [0.1, 0.15) is 11.5 Å². The molecule has 2 aliphatic rings. The van der Waals surface area contributed by atoms with E-state index >= 15 is 0 Å². The van der Waals surface area contributed by atoms with Crippen LogP contribution in [-0.2, 0) is 7.05 Å². The number of amides is 1. The van der Waals surface area contributed by atoms with Crippen LogP contribution >= 0.6 is 0 Å². The molecule has 2 fully saturated rings. The number of hydrogen-bond donors (Lipinski definition) is 0. The summed E-state index contributed by atoms with van der Waals surface area (Å²) in [5.74, 6) is 1.95. The minimum Gasteiger partial charge on any atom is -0.335 e. The predicted octanol–water partition coefficient (Wildman–Crippen LogP) is 2.59. The molecule has 1 saturated carbocycles. The standard InChI is InChI=1S/C18H25N5O/c1-12-9-16(21(3)20-12)18(24)22-8-4-5-15(11-22)23-13(2)10-19-17(23)14-6-7-14/h9-10,14-15H,4-8,11H2,1-3H3. The molecule has 1 aliphatic heterocycles. The van der Waals surface area contributed by atoms with Crippen molar-refractivity contribution in [1.29, 1.82) is 0 Å². The highest BCUT2D eigenvalue weighted by atomic mass is 16.2. The summed E-state index contributed by atoms with van der Waals surface area (Å²) in [5.41, 5.74) is 2.78. The van der Waals surface area contributed by atoms with Crippen molar-refractivity contribution < 1.29 is 4.79 Å². The van der Waals surface area contributed by atoms with Gasteiger partial charge in [-0.15, -0.1) is 0 Å². The number of imidazole rings is 1. The number of aryl methyl sites for hydroxylation is 3. The van der Waals surface area contributed by atoms with E-state index in [0.717, 1.165) is 31.6 Å². The number of hydrogen-bond acceptors (Lipinski definition) is 3. The number of carbonyl (C=O) groups excluding carboxylic acids is 1. The second-order valence-electron chi connectivity index (χ2n) is 7.24. The molecular formula is C18H25N5O. The zero-order valence-electron chi connectivity index (χ0n) is 14.7. The van der Waals surface area contributed by atoms with Crippen LogP contribution < -0.4 is 0 Å². The van der Waals surface area contributed by atoms with Crippen molar-refractivity contribution in [3.8, 4) is 0 Å². The molecule has 2 aromatic rings. The first kappa shape index (κ1) is 15.4. The molecule has 2 aromatic heterocycles. The van der Waals surface area contributed by atoms with Crippen molar-refractivity contribution in [2.24, 2.45) is 7.05 Å². The molecule has 1 unspecified atom stereocenters. The Kier molecular flexibility index (Phi) is 3.70. The van der Waals surface area contributed by atoms with E-state index in [1.165, 1.54) is 24.4 Å². The van der Waals surface area contributed by atoms with E-state index in [1.54, 1.807) is 4.68 Å². The predicted molar refractivity (Wildman–Crippen MR) is 91.1 cm³/mol. The van der Waals surface area contributed by atoms with Gasteiger partial charge in [-0.05, 0) is 45.6 Å². The summed E-state index contributed by atoms with van der Waals surface area (Å²) in [6.07, 6.45) is 6.64. The van der Waals surface area contributed by atoms with Crippen LogP contribution in [0.3, 0.4) is 0 Å². The molecule has 6 nitrogen and oxygen atoms in total. The molecule has 0 spiro atoms. The van der Waals surface area contributed by atoms with Gasteiger partial charge in [0.15, 0.2) is 0 Å². The topological polar surface area (TPSA) is 56.0 Å². The van der Waals surface area contributed by atoms with Gasteiger partial charge in [-0.25, -0.2) is 4.98 Å². The Morgan fingerprint density at radius 1 is 1.25 bits per heavy atom. The minimum atomic E-state index is 0.0912. The third kappa shape index (κ3) is 2.64. The summed E-state index contributed by atoms with van der Waals surface area (Å²) >= 11 is 0. The quantitative estimate of drug-likeness (QED) is 0.871. The third-order valence-corrected chi connectivity index (χ3v) is 5.22. The Morgan fingerprint density at radius 3 is 2.71 bits per heavy atom. The summed E-state index contributed by atoms with van der Waals surface area (Å²) in [5, 5.41) is 4.31. The summed E-state index contributed by atoms with van der Waals surface area (Å²) in [6.45, 7) is 5.64. The molecule has 24 heavy (non-hydrogen) atoms. The maximum Gasteiger partial charge on any atom is 0.272 e. The van der Waals surface area contributed by atoms with Crippen molar-refractivity contribution in [2.75, 3.05) is 13.1 Å². The molecule has 0 aromatic carbocycles. The molecule has 6 heteroatoms. The van der Waals surface area contributed by atoms with E-state index in [9.17, 15) is 4.79 Å². The van der Waals surface area contributed by atoms with Gasteiger partial charge in [0.25, 0.3) is 5.91 Å². The fraction of sp³-hybridized carbons (Fsp3) is 0.611. The van der Waals surface area contributed by atoms with E-state index in [4.69, 9.17) is 0 Å². The number of nitrogens with zero attached hydrogens (tertiary/aromatic N) is 5. The molecule has 1 atom stereocenters. The van der Waals surface area contributed by atoms with Crippen LogP contribution in [0.4, 0.5) is 0 Å². The van der Waals surface area contributed by atoms with E-state index < -0.39 is 0 Å². The highest BCUT2D eigenvalue weighted by Gasteiger charge is 2.33. The molecular weight excluding hydrogens is 302 g/mol. The maximum absolute atomic E-state index is 12.9. The second kappa shape index (κ2) is 5.76. The number of likely N-dealkylation sites (tertiary alicyclic amines) is 1. The van der Waals surface area contributed by atoms with Crippen LogP contribution in [0.2, 0.25) is 0 Å². The van der Waals surface area contributed by atoms with Gasteiger partial charge in [-0.3, -0.25) is 9.48 Å². The van der Waals surface area contributed by atoms with Crippen LogP contribution in [0, 0.1) is 13.8 Å². The monoisotopic (exact) mass is 327 g/mol. The van der Waals surface area contributed by atoms with Crippen molar-refractivity contribution >= 4 is 5.91 Å². The summed E-state index contributed by atoms with van der Waals surface area (Å²) in [6, 6.07) is 2.22. The van der Waals surface area contributed by atoms with Gasteiger partial charge < -0.3 is 9.47 Å². The molecule has 1 saturated heterocycles. The van der Waals surface area contributed by atoms with Crippen molar-refractivity contribution in [2.45, 2.75) is 51.5 Å². The van der Waals surface area contributed by atoms with Crippen molar-refractivity contribution in [3.63, 3.8) is 0 Å². The van der Waals surface area contributed by atoms with Gasteiger partial charge in [0.05, 0.1) is 11.7 Å². The van der Waals surface area contributed by atoms with Gasteiger partial charge in [-0.2, -0.15) is 5.10 Å². The molecule has 0 N–H and O–H groups in total. The Labute approximate surface area is 142 Å². The van der Waals surface area contributed by atoms with Crippen LogP contribution in [0.1, 0.15) is 65.3 Å². The summed E-state index contributed by atoms with van der Waals surface area (Å²) < 4.78 is 4.09. The number of piperidine rings is 1. The van der Waals surface area contributed by atoms with Gasteiger partial charge in [-0.1, -0.05) is 0 Å². The Balaban J connectivity index is 1.57. The van der Waals surface area contributed by atoms with E-state index in [-0.39, 0.29) is 5.91 Å². The molecule has 3 heterocycles. The van der Waals surface area contributed by atoms with Gasteiger partial charge in [0.2, 0.25) is 0 Å². The van der Waals surface area contributed by atoms with Gasteiger partial charge >= 0.3 is 0 Å². The van der Waals surface area contributed by atoms with Crippen LogP contribution in [-0.4, -0.2) is 43.2 Å².